The van der Waals surface area contributed by atoms with E-state index in [4.69, 9.17) is 10.2 Å². The van der Waals surface area contributed by atoms with Crippen LogP contribution in [-0.4, -0.2) is 56.1 Å². The average Bonchev–Trinajstić information content (AvgIpc) is 2.87. The quantitative estimate of drug-likeness (QED) is 0.358. The van der Waals surface area contributed by atoms with E-state index < -0.39 is 18.6 Å². The van der Waals surface area contributed by atoms with E-state index in [2.05, 4.69) is 20.3 Å². The molecule has 2 aromatic rings. The first kappa shape index (κ1) is 14.7. The highest BCUT2D eigenvalue weighted by atomic mass is 16.3. The Morgan fingerprint density at radius 2 is 2.10 bits per heavy atom. The first-order valence-corrected chi connectivity index (χ1v) is 6.31. The van der Waals surface area contributed by atoms with Crippen molar-refractivity contribution in [3.05, 3.63) is 28.4 Å². The van der Waals surface area contributed by atoms with E-state index in [1.165, 1.54) is 6.33 Å². The van der Waals surface area contributed by atoms with E-state index in [1.54, 1.807) is 6.20 Å². The number of aromatic amines is 2. The van der Waals surface area contributed by atoms with Gasteiger partial charge in [0.2, 0.25) is 0 Å². The maximum Gasteiger partial charge on any atom is 0.275 e. The minimum atomic E-state index is -0.962. The fraction of sp³-hybridized carbons (Fsp3) is 0.500. The molecule has 0 spiro atoms. The van der Waals surface area contributed by atoms with Gasteiger partial charge >= 0.3 is 0 Å². The Hall–Kier alpha value is -1.74. The van der Waals surface area contributed by atoms with Gasteiger partial charge in [-0.25, -0.2) is 4.98 Å². The zero-order valence-electron chi connectivity index (χ0n) is 10.8. The van der Waals surface area contributed by atoms with Crippen molar-refractivity contribution in [1.82, 2.24) is 20.3 Å². The number of aliphatic hydroxyl groups excluding tert-OH is 3. The molecule has 2 atom stereocenters. The molecule has 110 valence electrons. The van der Waals surface area contributed by atoms with Crippen LogP contribution >= 0.6 is 0 Å². The summed E-state index contributed by atoms with van der Waals surface area (Å²) >= 11 is 0. The second-order valence-corrected chi connectivity index (χ2v) is 4.59. The molecule has 20 heavy (non-hydrogen) atoms. The SMILES string of the molecule is O=c1[nH]cnc2c(CNC[C@@H](CO)[C@H](O)CO)c[nH]c12. The number of nitrogens with one attached hydrogen (secondary N) is 3. The minimum absolute atomic E-state index is 0.222. The van der Waals surface area contributed by atoms with Gasteiger partial charge in [0.05, 0.1) is 24.6 Å². The summed E-state index contributed by atoms with van der Waals surface area (Å²) in [4.78, 5) is 21.0. The van der Waals surface area contributed by atoms with E-state index in [9.17, 15) is 9.90 Å². The molecule has 0 unspecified atom stereocenters. The summed E-state index contributed by atoms with van der Waals surface area (Å²) in [6.07, 6.45) is 2.07. The summed E-state index contributed by atoms with van der Waals surface area (Å²) in [6, 6.07) is 0. The van der Waals surface area contributed by atoms with Crippen LogP contribution in [0.5, 0.6) is 0 Å². The molecule has 0 aliphatic carbocycles. The van der Waals surface area contributed by atoms with Crippen LogP contribution < -0.4 is 10.9 Å². The maximum absolute atomic E-state index is 11.5. The highest BCUT2D eigenvalue weighted by Gasteiger charge is 2.17. The minimum Gasteiger partial charge on any atom is -0.396 e. The van der Waals surface area contributed by atoms with Crippen LogP contribution in [0.4, 0.5) is 0 Å². The molecule has 6 N–H and O–H groups in total. The fourth-order valence-electron chi connectivity index (χ4n) is 2.00. The molecular formula is C12H18N4O4. The van der Waals surface area contributed by atoms with Gasteiger partial charge in [0.15, 0.2) is 0 Å². The van der Waals surface area contributed by atoms with Crippen molar-refractivity contribution in [3.8, 4) is 0 Å². The lowest BCUT2D eigenvalue weighted by molar-refractivity contribution is 0.0228. The van der Waals surface area contributed by atoms with Gasteiger partial charge in [-0.05, 0) is 0 Å². The molecule has 8 nitrogen and oxygen atoms in total. The predicted molar refractivity (Wildman–Crippen MR) is 72.1 cm³/mol. The van der Waals surface area contributed by atoms with Crippen molar-refractivity contribution in [1.29, 1.82) is 0 Å². The lowest BCUT2D eigenvalue weighted by Crippen LogP contribution is -2.35. The van der Waals surface area contributed by atoms with Gasteiger partial charge in [-0.3, -0.25) is 4.79 Å². The smallest absolute Gasteiger partial charge is 0.275 e. The van der Waals surface area contributed by atoms with Crippen LogP contribution in [0.15, 0.2) is 17.3 Å². The molecule has 0 aromatic carbocycles. The molecule has 2 aromatic heterocycles. The molecule has 0 saturated carbocycles. The lowest BCUT2D eigenvalue weighted by atomic mass is 10.0. The Morgan fingerprint density at radius 3 is 2.80 bits per heavy atom. The predicted octanol–water partition coefficient (Wildman–Crippen LogP) is -1.70. The Labute approximate surface area is 114 Å². The molecule has 2 rings (SSSR count). The van der Waals surface area contributed by atoms with Crippen LogP contribution in [-0.2, 0) is 6.54 Å². The largest absolute Gasteiger partial charge is 0.396 e. The zero-order valence-corrected chi connectivity index (χ0v) is 10.8. The van der Waals surface area contributed by atoms with Crippen LogP contribution in [0, 0.1) is 5.92 Å². The van der Waals surface area contributed by atoms with Gasteiger partial charge < -0.3 is 30.6 Å². The second kappa shape index (κ2) is 6.62. The van der Waals surface area contributed by atoms with Gasteiger partial charge in [0.25, 0.3) is 5.56 Å². The summed E-state index contributed by atoms with van der Waals surface area (Å²) in [6.45, 7) is 0.163. The van der Waals surface area contributed by atoms with Crippen molar-refractivity contribution in [3.63, 3.8) is 0 Å². The molecule has 0 bridgehead atoms. The summed E-state index contributed by atoms with van der Waals surface area (Å²) in [5.41, 5.74) is 1.59. The fourth-order valence-corrected chi connectivity index (χ4v) is 2.00. The third kappa shape index (κ3) is 3.05. The van der Waals surface area contributed by atoms with Gasteiger partial charge in [-0.2, -0.15) is 0 Å². The third-order valence-electron chi connectivity index (χ3n) is 3.24. The average molecular weight is 282 g/mol. The monoisotopic (exact) mass is 282 g/mol. The van der Waals surface area contributed by atoms with E-state index in [0.717, 1.165) is 5.56 Å². The number of hydrogen-bond acceptors (Lipinski definition) is 6. The maximum atomic E-state index is 11.5. The number of fused-ring (bicyclic) bond motifs is 1. The number of aliphatic hydroxyl groups is 3. The summed E-state index contributed by atoms with van der Waals surface area (Å²) in [5.74, 6) is -0.443. The summed E-state index contributed by atoms with van der Waals surface area (Å²) in [5, 5.41) is 30.5. The molecule has 2 heterocycles. The van der Waals surface area contributed by atoms with E-state index in [1.807, 2.05) is 0 Å². The Balaban J connectivity index is 2.00. The summed E-state index contributed by atoms with van der Waals surface area (Å²) < 4.78 is 0. The molecule has 8 heteroatoms. The highest BCUT2D eigenvalue weighted by Crippen LogP contribution is 2.11. The third-order valence-corrected chi connectivity index (χ3v) is 3.24. The van der Waals surface area contributed by atoms with Crippen molar-refractivity contribution in [2.45, 2.75) is 12.6 Å². The molecule has 0 amide bonds. The highest BCUT2D eigenvalue weighted by molar-refractivity contribution is 5.77. The molecule has 0 radical (unpaired) electrons. The molecule has 0 aliphatic heterocycles. The Bertz CT molecular complexity index is 609. The van der Waals surface area contributed by atoms with Crippen LogP contribution in [0.2, 0.25) is 0 Å². The van der Waals surface area contributed by atoms with Crippen LogP contribution in [0.25, 0.3) is 11.0 Å². The van der Waals surface area contributed by atoms with Crippen molar-refractivity contribution < 1.29 is 15.3 Å². The van der Waals surface area contributed by atoms with Crippen molar-refractivity contribution >= 4 is 11.0 Å². The van der Waals surface area contributed by atoms with Crippen molar-refractivity contribution in [2.75, 3.05) is 19.8 Å². The molecule has 0 fully saturated rings. The van der Waals surface area contributed by atoms with E-state index in [-0.39, 0.29) is 12.2 Å². The van der Waals surface area contributed by atoms with Gasteiger partial charge in [-0.1, -0.05) is 0 Å². The first-order chi connectivity index (χ1) is 9.67. The normalized spacial score (nSPS) is 14.6. The summed E-state index contributed by atoms with van der Waals surface area (Å²) in [7, 11) is 0. The molecule has 0 saturated heterocycles. The van der Waals surface area contributed by atoms with E-state index >= 15 is 0 Å². The second-order valence-electron chi connectivity index (χ2n) is 4.59. The number of hydrogen-bond donors (Lipinski definition) is 6. The van der Waals surface area contributed by atoms with Gasteiger partial charge in [0, 0.05) is 37.4 Å². The number of aromatic nitrogens is 3. The van der Waals surface area contributed by atoms with Crippen LogP contribution in [0.3, 0.4) is 0 Å². The van der Waals surface area contributed by atoms with Crippen molar-refractivity contribution in [2.24, 2.45) is 5.92 Å². The number of rotatable bonds is 7. The van der Waals surface area contributed by atoms with Gasteiger partial charge in [-0.15, -0.1) is 0 Å². The standard InChI is InChI=1S/C12H18N4O4/c17-4-8(9(19)5-18)2-13-1-7-3-14-11-10(7)15-6-16-12(11)20/h3,6,8-9,13-14,17-19H,1-2,4-5H2,(H,15,16,20)/t8-,9+/m0/s1. The first-order valence-electron chi connectivity index (χ1n) is 6.31. The lowest BCUT2D eigenvalue weighted by Gasteiger charge is -2.19. The topological polar surface area (TPSA) is 134 Å². The molecule has 0 aliphatic rings. The van der Waals surface area contributed by atoms with Gasteiger partial charge in [0.1, 0.15) is 5.52 Å². The zero-order chi connectivity index (χ0) is 14.5. The molecular weight excluding hydrogens is 264 g/mol. The van der Waals surface area contributed by atoms with E-state index in [0.29, 0.717) is 24.1 Å². The number of H-pyrrole nitrogens is 2. The Morgan fingerprint density at radius 1 is 1.30 bits per heavy atom. The van der Waals surface area contributed by atoms with Crippen LogP contribution in [0.1, 0.15) is 5.56 Å². The Kier molecular flexibility index (Phi) is 4.85. The number of nitrogens with zero attached hydrogens (tertiary/aromatic N) is 1.